The molecule has 1 aliphatic rings. The Hall–Kier alpha value is -2.04. The van der Waals surface area contributed by atoms with Crippen molar-refractivity contribution in [2.75, 3.05) is 25.0 Å². The van der Waals surface area contributed by atoms with Crippen LogP contribution >= 0.6 is 0 Å². The van der Waals surface area contributed by atoms with Crippen LogP contribution in [0.2, 0.25) is 0 Å². The summed E-state index contributed by atoms with van der Waals surface area (Å²) in [6.45, 7) is 1.95. The second kappa shape index (κ2) is 7.53. The molecule has 0 aromatic heterocycles. The van der Waals surface area contributed by atoms with E-state index in [1.165, 1.54) is 12.8 Å². The van der Waals surface area contributed by atoms with E-state index in [-0.39, 0.29) is 12.5 Å². The number of carbonyl (C=O) groups excluding carboxylic acids is 1. The molecule has 1 fully saturated rings. The van der Waals surface area contributed by atoms with Crippen molar-refractivity contribution < 1.29 is 4.79 Å². The van der Waals surface area contributed by atoms with Crippen LogP contribution in [0, 0.1) is 0 Å². The predicted octanol–water partition coefficient (Wildman–Crippen LogP) is 1.82. The molecule has 0 saturated carbocycles. The highest BCUT2D eigenvalue weighted by molar-refractivity contribution is 5.93. The van der Waals surface area contributed by atoms with Crippen LogP contribution in [0.5, 0.6) is 0 Å². The smallest absolute Gasteiger partial charge is 0.246 e. The lowest BCUT2D eigenvalue weighted by molar-refractivity contribution is -0.114. The van der Waals surface area contributed by atoms with Crippen LogP contribution in [0.4, 0.5) is 5.69 Å². The lowest BCUT2D eigenvalue weighted by Gasteiger charge is -2.20. The van der Waals surface area contributed by atoms with Crippen molar-refractivity contribution in [2.45, 2.75) is 25.7 Å². The van der Waals surface area contributed by atoms with Gasteiger partial charge >= 0.3 is 0 Å². The second-order valence-electron chi connectivity index (χ2n) is 4.99. The summed E-state index contributed by atoms with van der Waals surface area (Å²) in [5.74, 6) is 0.337. The lowest BCUT2D eigenvalue weighted by atomic mass is 10.2. The maximum Gasteiger partial charge on any atom is 0.246 e. The minimum atomic E-state index is -0.144. The number of carbonyl (C=O) groups is 1. The number of anilines is 1. The van der Waals surface area contributed by atoms with Gasteiger partial charge in [-0.2, -0.15) is 0 Å². The van der Waals surface area contributed by atoms with E-state index < -0.39 is 0 Å². The largest absolute Gasteiger partial charge is 0.370 e. The molecule has 108 valence electrons. The van der Waals surface area contributed by atoms with Gasteiger partial charge in [0.15, 0.2) is 5.96 Å². The van der Waals surface area contributed by atoms with Gasteiger partial charge in [-0.25, -0.2) is 4.99 Å². The van der Waals surface area contributed by atoms with Crippen LogP contribution in [-0.2, 0) is 4.79 Å². The van der Waals surface area contributed by atoms with E-state index in [4.69, 9.17) is 5.73 Å². The number of nitrogens with two attached hydrogens (primary N) is 1. The summed E-state index contributed by atoms with van der Waals surface area (Å²) in [5, 5.41) is 2.79. The van der Waals surface area contributed by atoms with Gasteiger partial charge in [0.1, 0.15) is 6.54 Å². The number of rotatable bonds is 3. The Balaban J connectivity index is 1.83. The number of para-hydroxylation sites is 1. The van der Waals surface area contributed by atoms with E-state index in [0.717, 1.165) is 31.6 Å². The van der Waals surface area contributed by atoms with Crippen LogP contribution in [0.25, 0.3) is 0 Å². The number of amides is 1. The first-order valence-corrected chi connectivity index (χ1v) is 7.15. The molecule has 0 spiro atoms. The number of nitrogens with zero attached hydrogens (tertiary/aromatic N) is 2. The minimum Gasteiger partial charge on any atom is -0.370 e. The van der Waals surface area contributed by atoms with Crippen molar-refractivity contribution >= 4 is 17.6 Å². The molecule has 0 aliphatic carbocycles. The van der Waals surface area contributed by atoms with Crippen LogP contribution in [0.15, 0.2) is 35.3 Å². The highest BCUT2D eigenvalue weighted by atomic mass is 16.1. The monoisotopic (exact) mass is 274 g/mol. The first-order valence-electron chi connectivity index (χ1n) is 7.15. The van der Waals surface area contributed by atoms with Crippen molar-refractivity contribution in [1.82, 2.24) is 4.90 Å². The average molecular weight is 274 g/mol. The van der Waals surface area contributed by atoms with Gasteiger partial charge in [0.05, 0.1) is 0 Å². The quantitative estimate of drug-likeness (QED) is 0.652. The fraction of sp³-hybridized carbons (Fsp3) is 0.467. The van der Waals surface area contributed by atoms with Gasteiger partial charge in [-0.3, -0.25) is 4.79 Å². The maximum absolute atomic E-state index is 11.8. The summed E-state index contributed by atoms with van der Waals surface area (Å²) in [7, 11) is 0. The SMILES string of the molecule is NC(=NCC(=O)Nc1ccccc1)N1CCCCCC1. The fourth-order valence-corrected chi connectivity index (χ4v) is 2.27. The molecule has 0 atom stereocenters. The third-order valence-corrected chi connectivity index (χ3v) is 3.37. The fourth-order valence-electron chi connectivity index (χ4n) is 2.27. The molecule has 1 aromatic rings. The van der Waals surface area contributed by atoms with Gasteiger partial charge < -0.3 is 16.0 Å². The Morgan fingerprint density at radius 3 is 2.45 bits per heavy atom. The molecule has 1 aromatic carbocycles. The third kappa shape index (κ3) is 4.57. The highest BCUT2D eigenvalue weighted by Crippen LogP contribution is 2.09. The number of guanidine groups is 1. The van der Waals surface area contributed by atoms with Gasteiger partial charge in [-0.15, -0.1) is 0 Å². The van der Waals surface area contributed by atoms with E-state index in [1.54, 1.807) is 0 Å². The standard InChI is InChI=1S/C15H22N4O/c16-15(19-10-6-1-2-7-11-19)17-12-14(20)18-13-8-4-3-5-9-13/h3-5,8-9H,1-2,6-7,10-12H2,(H2,16,17)(H,18,20). The molecular formula is C15H22N4O. The number of benzene rings is 1. The second-order valence-corrected chi connectivity index (χ2v) is 4.99. The molecule has 1 saturated heterocycles. The Labute approximate surface area is 119 Å². The molecule has 0 unspecified atom stereocenters. The molecule has 1 aliphatic heterocycles. The van der Waals surface area contributed by atoms with Crippen LogP contribution < -0.4 is 11.1 Å². The van der Waals surface area contributed by atoms with Crippen molar-refractivity contribution in [3.05, 3.63) is 30.3 Å². The topological polar surface area (TPSA) is 70.7 Å². The van der Waals surface area contributed by atoms with Gasteiger partial charge in [-0.05, 0) is 25.0 Å². The van der Waals surface area contributed by atoms with E-state index in [1.807, 2.05) is 30.3 Å². The summed E-state index contributed by atoms with van der Waals surface area (Å²) >= 11 is 0. The normalized spacial score (nSPS) is 16.6. The van der Waals surface area contributed by atoms with Crippen molar-refractivity contribution in [3.63, 3.8) is 0 Å². The Morgan fingerprint density at radius 1 is 1.15 bits per heavy atom. The summed E-state index contributed by atoms with van der Waals surface area (Å²) < 4.78 is 0. The zero-order valence-electron chi connectivity index (χ0n) is 11.7. The van der Waals surface area contributed by atoms with Crippen LogP contribution in [-0.4, -0.2) is 36.4 Å². The summed E-state index contributed by atoms with van der Waals surface area (Å²) in [6, 6.07) is 9.36. The van der Waals surface area contributed by atoms with Crippen molar-refractivity contribution in [2.24, 2.45) is 10.7 Å². The zero-order valence-corrected chi connectivity index (χ0v) is 11.7. The summed E-state index contributed by atoms with van der Waals surface area (Å²) in [4.78, 5) is 18.0. The van der Waals surface area contributed by atoms with Crippen LogP contribution in [0.1, 0.15) is 25.7 Å². The van der Waals surface area contributed by atoms with Gasteiger partial charge in [0.25, 0.3) is 0 Å². The van der Waals surface area contributed by atoms with E-state index in [9.17, 15) is 4.79 Å². The third-order valence-electron chi connectivity index (χ3n) is 3.37. The van der Waals surface area contributed by atoms with Crippen molar-refractivity contribution in [3.8, 4) is 0 Å². The zero-order chi connectivity index (χ0) is 14.2. The molecule has 0 radical (unpaired) electrons. The predicted molar refractivity (Wildman–Crippen MR) is 81.6 cm³/mol. The molecule has 0 bridgehead atoms. The van der Waals surface area contributed by atoms with Gasteiger partial charge in [-0.1, -0.05) is 31.0 Å². The molecule has 1 amide bonds. The number of likely N-dealkylation sites (tertiary alicyclic amines) is 1. The first kappa shape index (κ1) is 14.4. The van der Waals surface area contributed by atoms with E-state index in [2.05, 4.69) is 15.2 Å². The van der Waals surface area contributed by atoms with Crippen LogP contribution in [0.3, 0.4) is 0 Å². The summed E-state index contributed by atoms with van der Waals surface area (Å²) in [5.41, 5.74) is 6.73. The van der Waals surface area contributed by atoms with Gasteiger partial charge in [0.2, 0.25) is 5.91 Å². The molecule has 2 rings (SSSR count). The van der Waals surface area contributed by atoms with E-state index >= 15 is 0 Å². The number of hydrogen-bond donors (Lipinski definition) is 2. The summed E-state index contributed by atoms with van der Waals surface area (Å²) in [6.07, 6.45) is 4.79. The molecule has 1 heterocycles. The van der Waals surface area contributed by atoms with E-state index in [0.29, 0.717) is 5.96 Å². The number of hydrogen-bond acceptors (Lipinski definition) is 2. The van der Waals surface area contributed by atoms with Gasteiger partial charge in [0, 0.05) is 18.8 Å². The average Bonchev–Trinajstić information content (AvgIpc) is 2.75. The molecule has 5 heteroatoms. The minimum absolute atomic E-state index is 0.0667. The Morgan fingerprint density at radius 2 is 1.80 bits per heavy atom. The Bertz CT molecular complexity index is 450. The molecular weight excluding hydrogens is 252 g/mol. The lowest BCUT2D eigenvalue weighted by Crippen LogP contribution is -2.38. The number of nitrogens with one attached hydrogen (secondary N) is 1. The highest BCUT2D eigenvalue weighted by Gasteiger charge is 2.11. The number of aliphatic imine (C=N–C) groups is 1. The van der Waals surface area contributed by atoms with Crippen molar-refractivity contribution in [1.29, 1.82) is 0 Å². The Kier molecular flexibility index (Phi) is 5.41. The first-order chi connectivity index (χ1) is 9.75. The molecule has 5 nitrogen and oxygen atoms in total. The molecule has 20 heavy (non-hydrogen) atoms. The maximum atomic E-state index is 11.8. The molecule has 3 N–H and O–H groups in total.